The van der Waals surface area contributed by atoms with Crippen molar-refractivity contribution in [3.63, 3.8) is 0 Å². The van der Waals surface area contributed by atoms with Crippen molar-refractivity contribution in [3.05, 3.63) is 54.4 Å². The molecule has 1 N–H and O–H groups in total. The van der Waals surface area contributed by atoms with Crippen LogP contribution in [0.3, 0.4) is 0 Å². The summed E-state index contributed by atoms with van der Waals surface area (Å²) in [6.07, 6.45) is 9.08. The van der Waals surface area contributed by atoms with Crippen LogP contribution >= 0.6 is 0 Å². The predicted octanol–water partition coefficient (Wildman–Crippen LogP) is 2.59. The second-order valence-corrected chi connectivity index (χ2v) is 4.48. The normalized spacial score (nSPS) is 12.5. The van der Waals surface area contributed by atoms with E-state index >= 15 is 0 Å². The van der Waals surface area contributed by atoms with E-state index in [1.54, 1.807) is 18.6 Å². The van der Waals surface area contributed by atoms with Crippen LogP contribution in [0.2, 0.25) is 0 Å². The standard InChI is InChI=1S/C14H15N5/c1-10-4-3-5-15-12(10)11(2)19-9-8-18-14(19)13-16-6-7-17-13/h3-9,11H,1-2H3,(H,16,17). The third-order valence-electron chi connectivity index (χ3n) is 3.24. The van der Waals surface area contributed by atoms with Crippen molar-refractivity contribution in [2.75, 3.05) is 0 Å². The average molecular weight is 253 g/mol. The molecule has 0 saturated carbocycles. The van der Waals surface area contributed by atoms with Gasteiger partial charge in [0, 0.05) is 31.0 Å². The van der Waals surface area contributed by atoms with Gasteiger partial charge in [0.05, 0.1) is 11.7 Å². The molecule has 0 saturated heterocycles. The lowest BCUT2D eigenvalue weighted by atomic mass is 10.1. The van der Waals surface area contributed by atoms with Gasteiger partial charge in [-0.05, 0) is 25.5 Å². The Hall–Kier alpha value is -2.43. The number of aryl methyl sites for hydroxylation is 1. The molecule has 0 aromatic carbocycles. The molecule has 3 rings (SSSR count). The second-order valence-electron chi connectivity index (χ2n) is 4.48. The van der Waals surface area contributed by atoms with Crippen LogP contribution in [0, 0.1) is 6.92 Å². The van der Waals surface area contributed by atoms with Crippen LogP contribution in [-0.2, 0) is 0 Å². The SMILES string of the molecule is Cc1cccnc1C(C)n1ccnc1-c1ncc[nH]1. The summed E-state index contributed by atoms with van der Waals surface area (Å²) in [5, 5.41) is 0. The number of rotatable bonds is 3. The predicted molar refractivity (Wildman–Crippen MR) is 72.6 cm³/mol. The molecule has 3 aromatic rings. The van der Waals surface area contributed by atoms with Crippen LogP contribution in [0.25, 0.3) is 11.6 Å². The molecule has 96 valence electrons. The van der Waals surface area contributed by atoms with E-state index < -0.39 is 0 Å². The Kier molecular flexibility index (Phi) is 2.87. The molecular weight excluding hydrogens is 238 g/mol. The Morgan fingerprint density at radius 1 is 1.16 bits per heavy atom. The number of hydrogen-bond acceptors (Lipinski definition) is 3. The molecule has 0 aliphatic heterocycles. The Balaban J connectivity index is 2.04. The molecule has 1 unspecified atom stereocenters. The number of nitrogens with zero attached hydrogens (tertiary/aromatic N) is 4. The number of nitrogens with one attached hydrogen (secondary N) is 1. The monoisotopic (exact) mass is 253 g/mol. The molecule has 0 amide bonds. The van der Waals surface area contributed by atoms with Gasteiger partial charge in [0.25, 0.3) is 0 Å². The van der Waals surface area contributed by atoms with E-state index in [9.17, 15) is 0 Å². The lowest BCUT2D eigenvalue weighted by molar-refractivity contribution is 0.620. The largest absolute Gasteiger partial charge is 0.342 e. The molecule has 0 aliphatic rings. The summed E-state index contributed by atoms with van der Waals surface area (Å²) in [6.45, 7) is 4.19. The number of aromatic amines is 1. The van der Waals surface area contributed by atoms with Crippen molar-refractivity contribution in [1.29, 1.82) is 0 Å². The van der Waals surface area contributed by atoms with Gasteiger partial charge in [0.1, 0.15) is 0 Å². The molecule has 5 nitrogen and oxygen atoms in total. The summed E-state index contributed by atoms with van der Waals surface area (Å²) in [5.74, 6) is 1.59. The summed E-state index contributed by atoms with van der Waals surface area (Å²) < 4.78 is 2.08. The minimum Gasteiger partial charge on any atom is -0.342 e. The zero-order valence-corrected chi connectivity index (χ0v) is 10.9. The van der Waals surface area contributed by atoms with E-state index in [0.29, 0.717) is 0 Å². The lowest BCUT2D eigenvalue weighted by Gasteiger charge is -2.16. The third-order valence-corrected chi connectivity index (χ3v) is 3.24. The van der Waals surface area contributed by atoms with Gasteiger partial charge in [-0.15, -0.1) is 0 Å². The zero-order chi connectivity index (χ0) is 13.2. The lowest BCUT2D eigenvalue weighted by Crippen LogP contribution is -2.11. The number of H-pyrrole nitrogens is 1. The molecule has 0 spiro atoms. The molecule has 1 atom stereocenters. The number of pyridine rings is 1. The maximum Gasteiger partial charge on any atom is 0.176 e. The fourth-order valence-corrected chi connectivity index (χ4v) is 2.26. The van der Waals surface area contributed by atoms with Crippen molar-refractivity contribution >= 4 is 0 Å². The van der Waals surface area contributed by atoms with E-state index in [1.807, 2.05) is 18.5 Å². The number of imidazole rings is 2. The molecule has 0 aliphatic carbocycles. The highest BCUT2D eigenvalue weighted by atomic mass is 15.1. The summed E-state index contributed by atoms with van der Waals surface area (Å²) in [6, 6.07) is 4.14. The van der Waals surface area contributed by atoms with Crippen LogP contribution in [0.1, 0.15) is 24.2 Å². The highest BCUT2D eigenvalue weighted by Gasteiger charge is 2.17. The first kappa shape index (κ1) is 11.6. The fraction of sp³-hybridized carbons (Fsp3) is 0.214. The van der Waals surface area contributed by atoms with Gasteiger partial charge in [0.2, 0.25) is 0 Å². The van der Waals surface area contributed by atoms with E-state index in [2.05, 4.69) is 44.4 Å². The first-order valence-corrected chi connectivity index (χ1v) is 6.21. The zero-order valence-electron chi connectivity index (χ0n) is 10.9. The third kappa shape index (κ3) is 2.03. The fourth-order valence-electron chi connectivity index (χ4n) is 2.26. The Morgan fingerprint density at radius 3 is 2.79 bits per heavy atom. The van der Waals surface area contributed by atoms with Gasteiger partial charge in [-0.3, -0.25) is 4.98 Å². The van der Waals surface area contributed by atoms with Crippen molar-refractivity contribution < 1.29 is 0 Å². The summed E-state index contributed by atoms with van der Waals surface area (Å²) in [5.41, 5.74) is 2.22. The van der Waals surface area contributed by atoms with Crippen LogP contribution in [0.15, 0.2) is 43.1 Å². The van der Waals surface area contributed by atoms with Crippen molar-refractivity contribution in [1.82, 2.24) is 24.5 Å². The second kappa shape index (κ2) is 4.68. The van der Waals surface area contributed by atoms with Crippen LogP contribution < -0.4 is 0 Å². The summed E-state index contributed by atoms with van der Waals surface area (Å²) >= 11 is 0. The topological polar surface area (TPSA) is 59.4 Å². The first-order chi connectivity index (χ1) is 9.27. The van der Waals surface area contributed by atoms with Crippen molar-refractivity contribution in [2.24, 2.45) is 0 Å². The number of hydrogen-bond donors (Lipinski definition) is 1. The van der Waals surface area contributed by atoms with Crippen molar-refractivity contribution in [3.8, 4) is 11.6 Å². The highest BCUT2D eigenvalue weighted by Crippen LogP contribution is 2.23. The van der Waals surface area contributed by atoms with E-state index in [4.69, 9.17) is 0 Å². The van der Waals surface area contributed by atoms with Crippen LogP contribution in [-0.4, -0.2) is 24.5 Å². The number of aromatic nitrogens is 5. The molecular formula is C14H15N5. The van der Waals surface area contributed by atoms with Gasteiger partial charge in [-0.2, -0.15) is 0 Å². The average Bonchev–Trinajstić information content (AvgIpc) is 3.09. The van der Waals surface area contributed by atoms with Crippen molar-refractivity contribution in [2.45, 2.75) is 19.9 Å². The van der Waals surface area contributed by atoms with Crippen LogP contribution in [0.5, 0.6) is 0 Å². The smallest absolute Gasteiger partial charge is 0.176 e. The minimum absolute atomic E-state index is 0.115. The van der Waals surface area contributed by atoms with E-state index in [0.717, 1.165) is 17.3 Å². The van der Waals surface area contributed by atoms with Gasteiger partial charge < -0.3 is 9.55 Å². The summed E-state index contributed by atoms with van der Waals surface area (Å²) in [7, 11) is 0. The molecule has 0 fully saturated rings. The van der Waals surface area contributed by atoms with Gasteiger partial charge >= 0.3 is 0 Å². The Labute approximate surface area is 111 Å². The quantitative estimate of drug-likeness (QED) is 0.780. The molecule has 0 radical (unpaired) electrons. The van der Waals surface area contributed by atoms with Gasteiger partial charge in [-0.1, -0.05) is 6.07 Å². The molecule has 0 bridgehead atoms. The molecule has 5 heteroatoms. The van der Waals surface area contributed by atoms with Crippen LogP contribution in [0.4, 0.5) is 0 Å². The van der Waals surface area contributed by atoms with Gasteiger partial charge in [0.15, 0.2) is 11.6 Å². The van der Waals surface area contributed by atoms with E-state index in [1.165, 1.54) is 5.56 Å². The maximum absolute atomic E-state index is 4.48. The first-order valence-electron chi connectivity index (χ1n) is 6.21. The minimum atomic E-state index is 0.115. The molecule has 3 heterocycles. The van der Waals surface area contributed by atoms with E-state index in [-0.39, 0.29) is 6.04 Å². The molecule has 3 aromatic heterocycles. The Morgan fingerprint density at radius 2 is 2.05 bits per heavy atom. The Bertz CT molecular complexity index is 669. The van der Waals surface area contributed by atoms with Gasteiger partial charge in [-0.25, -0.2) is 9.97 Å². The highest BCUT2D eigenvalue weighted by molar-refractivity contribution is 5.44. The molecule has 19 heavy (non-hydrogen) atoms. The summed E-state index contributed by atoms with van der Waals surface area (Å²) in [4.78, 5) is 16.2. The maximum atomic E-state index is 4.48.